The molecule has 228 valence electrons. The van der Waals surface area contributed by atoms with Crippen LogP contribution in [-0.4, -0.2) is 114 Å². The molecule has 3 aliphatic rings. The molecule has 1 aromatic rings. The Morgan fingerprint density at radius 1 is 1.05 bits per heavy atom. The number of carbonyl (C=O) groups is 3. The van der Waals surface area contributed by atoms with Gasteiger partial charge in [-0.3, -0.25) is 24.6 Å². The molecule has 8 N–H and O–H groups in total. The van der Waals surface area contributed by atoms with Crippen LogP contribution in [0.3, 0.4) is 0 Å². The van der Waals surface area contributed by atoms with E-state index in [0.29, 0.717) is 31.2 Å². The average Bonchev–Trinajstić information content (AvgIpc) is 3.00. The molecule has 16 heteroatoms. The van der Waals surface area contributed by atoms with E-state index < -0.39 is 77.1 Å². The standard InChI is InChI=1S/C26H30FN3O12/c1-13-3-2-4-14(5-6-30(23(13)35)21-22(34)28-24(36)26(39,40)25(21,37)38)42-12-16-17(27)18(31)15(19(32)20(16)33)11-29-7-9-41-10-8-29/h2-5,21,31-33,37-40H,6-12H2,1H3,(H,28,34,36)/b4-2-,13-3+,14-5-. The third-order valence-corrected chi connectivity index (χ3v) is 7.13. The number of aromatic hydroxyl groups is 3. The number of amides is 3. The van der Waals surface area contributed by atoms with E-state index in [4.69, 9.17) is 9.47 Å². The van der Waals surface area contributed by atoms with Gasteiger partial charge in [-0.2, -0.15) is 0 Å². The normalized spacial score (nSPS) is 26.2. The Labute approximate surface area is 237 Å². The van der Waals surface area contributed by atoms with Crippen molar-refractivity contribution < 1.29 is 64.0 Å². The van der Waals surface area contributed by atoms with Gasteiger partial charge in [-0.1, -0.05) is 12.2 Å². The highest BCUT2D eigenvalue weighted by atomic mass is 19.1. The summed E-state index contributed by atoms with van der Waals surface area (Å²) in [5.74, 6) is -15.7. The Balaban J connectivity index is 1.60. The lowest BCUT2D eigenvalue weighted by Gasteiger charge is -2.45. The van der Waals surface area contributed by atoms with E-state index >= 15 is 4.39 Å². The van der Waals surface area contributed by atoms with Crippen molar-refractivity contribution in [2.45, 2.75) is 37.7 Å². The Bertz CT molecular complexity index is 1350. The van der Waals surface area contributed by atoms with Crippen LogP contribution in [0.1, 0.15) is 18.1 Å². The molecule has 1 aromatic carbocycles. The molecular formula is C26H30FN3O12. The highest BCUT2D eigenvalue weighted by molar-refractivity contribution is 6.07. The number of hydrogen-bond donors (Lipinski definition) is 8. The fourth-order valence-corrected chi connectivity index (χ4v) is 4.62. The lowest BCUT2D eigenvalue weighted by atomic mass is 9.90. The third-order valence-electron chi connectivity index (χ3n) is 7.13. The maximum absolute atomic E-state index is 15.1. The van der Waals surface area contributed by atoms with E-state index in [1.54, 1.807) is 10.2 Å². The number of nitrogens with zero attached hydrogens (tertiary/aromatic N) is 2. The van der Waals surface area contributed by atoms with Crippen molar-refractivity contribution in [3.63, 3.8) is 0 Å². The maximum Gasteiger partial charge on any atom is 0.303 e. The highest BCUT2D eigenvalue weighted by Crippen LogP contribution is 2.42. The number of imide groups is 1. The molecule has 0 radical (unpaired) electrons. The van der Waals surface area contributed by atoms with Crippen LogP contribution in [0.2, 0.25) is 0 Å². The second-order valence-electron chi connectivity index (χ2n) is 9.89. The molecule has 1 atom stereocenters. The minimum atomic E-state index is -3.86. The number of ether oxygens (including phenoxy) is 2. The van der Waals surface area contributed by atoms with E-state index in [2.05, 4.69) is 0 Å². The molecule has 3 heterocycles. The minimum absolute atomic E-state index is 0.0442. The molecular weight excluding hydrogens is 565 g/mol. The smallest absolute Gasteiger partial charge is 0.303 e. The zero-order valence-corrected chi connectivity index (χ0v) is 22.3. The Morgan fingerprint density at radius 3 is 2.36 bits per heavy atom. The van der Waals surface area contributed by atoms with Gasteiger partial charge in [0.2, 0.25) is 0 Å². The zero-order chi connectivity index (χ0) is 31.0. The number of carbonyl (C=O) groups excluding carboxylic acids is 3. The minimum Gasteiger partial charge on any atom is -0.504 e. The Morgan fingerprint density at radius 2 is 1.69 bits per heavy atom. The summed E-state index contributed by atoms with van der Waals surface area (Å²) in [6, 6.07) is -2.38. The van der Waals surface area contributed by atoms with Gasteiger partial charge in [0.15, 0.2) is 29.1 Å². The molecule has 4 rings (SSSR count). The van der Waals surface area contributed by atoms with E-state index in [9.17, 15) is 50.1 Å². The van der Waals surface area contributed by atoms with Crippen molar-refractivity contribution >= 4 is 17.7 Å². The first kappa shape index (κ1) is 30.9. The summed E-state index contributed by atoms with van der Waals surface area (Å²) >= 11 is 0. The van der Waals surface area contributed by atoms with Crippen LogP contribution in [0.5, 0.6) is 17.2 Å². The average molecular weight is 596 g/mol. The van der Waals surface area contributed by atoms with Gasteiger partial charge in [0.1, 0.15) is 12.4 Å². The number of morpholine rings is 1. The number of aliphatic hydroxyl groups is 4. The number of phenols is 3. The van der Waals surface area contributed by atoms with E-state index in [-0.39, 0.29) is 23.4 Å². The van der Waals surface area contributed by atoms with Gasteiger partial charge in [-0.05, 0) is 19.1 Å². The van der Waals surface area contributed by atoms with Crippen molar-refractivity contribution in [1.82, 2.24) is 15.1 Å². The lowest BCUT2D eigenvalue weighted by molar-refractivity contribution is -0.355. The van der Waals surface area contributed by atoms with Gasteiger partial charge in [-0.25, -0.2) is 4.39 Å². The molecule has 15 nitrogen and oxygen atoms in total. The molecule has 0 saturated carbocycles. The number of nitrogens with one attached hydrogen (secondary N) is 1. The number of allylic oxidation sites excluding steroid dienone is 3. The number of rotatable bonds is 6. The van der Waals surface area contributed by atoms with E-state index in [1.807, 2.05) is 0 Å². The summed E-state index contributed by atoms with van der Waals surface area (Å²) in [7, 11) is 0. The van der Waals surface area contributed by atoms with Crippen molar-refractivity contribution in [3.8, 4) is 17.2 Å². The first-order valence-electron chi connectivity index (χ1n) is 12.7. The van der Waals surface area contributed by atoms with Crippen LogP contribution >= 0.6 is 0 Å². The SMILES string of the molecule is C\C1=C/C=C\C(OCc2c(O)c(O)c(CN3CCOCC3)c(O)c2F)=C\CN(C2C(=O)NC(=O)C(O)(O)C2(O)O)C1=O. The molecule has 2 fully saturated rings. The second-order valence-corrected chi connectivity index (χ2v) is 9.89. The predicted octanol–water partition coefficient (Wildman–Crippen LogP) is -2.09. The number of hydrogen-bond acceptors (Lipinski definition) is 13. The van der Waals surface area contributed by atoms with Gasteiger partial charge < -0.3 is 50.1 Å². The maximum atomic E-state index is 15.1. The highest BCUT2D eigenvalue weighted by Gasteiger charge is 2.66. The largest absolute Gasteiger partial charge is 0.504 e. The topological polar surface area (TPSA) is 230 Å². The fraction of sp³-hybridized carbons (Fsp3) is 0.423. The first-order chi connectivity index (χ1) is 19.7. The lowest BCUT2D eigenvalue weighted by Crippen LogP contribution is -2.79. The molecule has 1 unspecified atom stereocenters. The summed E-state index contributed by atoms with van der Waals surface area (Å²) in [5, 5.41) is 73.8. The van der Waals surface area contributed by atoms with Gasteiger partial charge in [-0.15, -0.1) is 0 Å². The molecule has 0 bridgehead atoms. The number of halogens is 1. The predicted molar refractivity (Wildman–Crippen MR) is 136 cm³/mol. The number of phenolic OH excluding ortho intramolecular Hbond substituents is 3. The van der Waals surface area contributed by atoms with E-state index in [1.165, 1.54) is 25.2 Å². The van der Waals surface area contributed by atoms with Crippen LogP contribution in [-0.2, 0) is 37.0 Å². The zero-order valence-electron chi connectivity index (χ0n) is 22.3. The van der Waals surface area contributed by atoms with Crippen LogP contribution < -0.4 is 5.32 Å². The molecule has 0 aromatic heterocycles. The third kappa shape index (κ3) is 5.55. The van der Waals surface area contributed by atoms with Crippen LogP contribution in [0.25, 0.3) is 0 Å². The number of benzene rings is 1. The van der Waals surface area contributed by atoms with Crippen molar-refractivity contribution in [1.29, 1.82) is 0 Å². The van der Waals surface area contributed by atoms with Gasteiger partial charge in [0.25, 0.3) is 23.5 Å². The Kier molecular flexibility index (Phi) is 8.58. The molecule has 0 spiro atoms. The fourth-order valence-electron chi connectivity index (χ4n) is 4.62. The molecule has 3 amide bonds. The molecule has 2 saturated heterocycles. The summed E-state index contributed by atoms with van der Waals surface area (Å²) in [6.45, 7) is 1.64. The Hall–Kier alpha value is -4.06. The van der Waals surface area contributed by atoms with Gasteiger partial charge in [0, 0.05) is 31.8 Å². The quantitative estimate of drug-likeness (QED) is 0.0764. The van der Waals surface area contributed by atoms with Gasteiger partial charge >= 0.3 is 5.79 Å². The summed E-state index contributed by atoms with van der Waals surface area (Å²) < 4.78 is 25.9. The van der Waals surface area contributed by atoms with Crippen LogP contribution in [0, 0.1) is 5.82 Å². The van der Waals surface area contributed by atoms with Gasteiger partial charge in [0.05, 0.1) is 24.3 Å². The second kappa shape index (κ2) is 11.7. The van der Waals surface area contributed by atoms with Crippen LogP contribution in [0.4, 0.5) is 4.39 Å². The van der Waals surface area contributed by atoms with Crippen molar-refractivity contribution in [2.24, 2.45) is 0 Å². The first-order valence-corrected chi connectivity index (χ1v) is 12.7. The molecule has 0 aliphatic carbocycles. The van der Waals surface area contributed by atoms with Crippen molar-refractivity contribution in [3.05, 3.63) is 52.6 Å². The van der Waals surface area contributed by atoms with Crippen LogP contribution in [0.15, 0.2) is 35.6 Å². The molecule has 3 aliphatic heterocycles. The summed E-state index contributed by atoms with van der Waals surface area (Å²) in [4.78, 5) is 39.7. The van der Waals surface area contributed by atoms with E-state index in [0.717, 1.165) is 6.08 Å². The summed E-state index contributed by atoms with van der Waals surface area (Å²) in [5.41, 5.74) is -0.862. The monoisotopic (exact) mass is 595 g/mol. The number of piperidine rings is 1. The van der Waals surface area contributed by atoms with Crippen molar-refractivity contribution in [2.75, 3.05) is 32.8 Å². The summed E-state index contributed by atoms with van der Waals surface area (Å²) in [6.07, 6.45) is 5.02. The molecule has 42 heavy (non-hydrogen) atoms.